The minimum absolute atomic E-state index is 0.190. The minimum atomic E-state index is 0.190. The number of ether oxygens (including phenoxy) is 3. The number of piperidine rings is 2. The molecular formula is C40H43Cl3N4O3. The number of likely N-dealkylation sites (tertiary alicyclic amines) is 2. The number of hydrogen-bond donors (Lipinski definition) is 0. The molecular weight excluding hydrogens is 691 g/mol. The third-order valence-electron chi connectivity index (χ3n) is 9.32. The highest BCUT2D eigenvalue weighted by molar-refractivity contribution is 6.37. The Balaban J connectivity index is 1.16. The van der Waals surface area contributed by atoms with Gasteiger partial charge in [0.2, 0.25) is 0 Å². The fourth-order valence-electron chi connectivity index (χ4n) is 6.63. The Bertz CT molecular complexity index is 1780. The van der Waals surface area contributed by atoms with E-state index in [1.165, 1.54) is 57.8 Å². The third-order valence-corrected chi connectivity index (χ3v) is 10.4. The molecule has 262 valence electrons. The van der Waals surface area contributed by atoms with Crippen molar-refractivity contribution < 1.29 is 14.2 Å². The van der Waals surface area contributed by atoms with Gasteiger partial charge in [-0.25, -0.2) is 0 Å². The third kappa shape index (κ3) is 9.63. The van der Waals surface area contributed by atoms with Gasteiger partial charge in [-0.1, -0.05) is 78.0 Å². The van der Waals surface area contributed by atoms with Gasteiger partial charge in [0.05, 0.1) is 27.2 Å². The molecule has 0 atom stereocenters. The van der Waals surface area contributed by atoms with Crippen LogP contribution >= 0.6 is 34.8 Å². The number of hydrogen-bond acceptors (Lipinski definition) is 7. The van der Waals surface area contributed by atoms with Crippen molar-refractivity contribution in [3.8, 4) is 34.4 Å². The van der Waals surface area contributed by atoms with E-state index in [1.54, 1.807) is 12.3 Å². The summed E-state index contributed by atoms with van der Waals surface area (Å²) in [6, 6.07) is 19.3. The van der Waals surface area contributed by atoms with E-state index in [0.717, 1.165) is 60.4 Å². The summed E-state index contributed by atoms with van der Waals surface area (Å²) >= 11 is 20.7. The van der Waals surface area contributed by atoms with Crippen molar-refractivity contribution in [2.45, 2.75) is 64.7 Å². The summed E-state index contributed by atoms with van der Waals surface area (Å²) in [6.45, 7) is 7.25. The number of nitriles is 1. The predicted molar refractivity (Wildman–Crippen MR) is 200 cm³/mol. The average Bonchev–Trinajstić information content (AvgIpc) is 3.15. The van der Waals surface area contributed by atoms with Crippen LogP contribution in [0.4, 0.5) is 0 Å². The Hall–Kier alpha value is -3.51. The molecule has 3 heterocycles. The predicted octanol–water partition coefficient (Wildman–Crippen LogP) is 9.98. The molecule has 0 aliphatic carbocycles. The zero-order chi connectivity index (χ0) is 34.7. The van der Waals surface area contributed by atoms with Gasteiger partial charge in [0, 0.05) is 59.4 Å². The maximum atomic E-state index is 9.31. The van der Waals surface area contributed by atoms with Crippen LogP contribution in [0.1, 0.15) is 67.2 Å². The fraction of sp³-hybridized carbons (Fsp3) is 0.400. The Morgan fingerprint density at radius 2 is 1.38 bits per heavy atom. The van der Waals surface area contributed by atoms with Crippen LogP contribution in [0, 0.1) is 11.3 Å². The molecule has 0 bridgehead atoms. The lowest BCUT2D eigenvalue weighted by Crippen LogP contribution is -2.31. The largest absolute Gasteiger partial charge is 0.492 e. The zero-order valence-electron chi connectivity index (χ0n) is 28.3. The first kappa shape index (κ1) is 36.3. The second-order valence-electron chi connectivity index (χ2n) is 13.0. The van der Waals surface area contributed by atoms with Gasteiger partial charge in [0.1, 0.15) is 36.5 Å². The lowest BCUT2D eigenvalue weighted by Gasteiger charge is -2.27. The number of halogens is 3. The Morgan fingerprint density at radius 3 is 2.14 bits per heavy atom. The molecule has 50 heavy (non-hydrogen) atoms. The summed E-state index contributed by atoms with van der Waals surface area (Å²) in [5, 5.41) is 10.9. The molecule has 6 rings (SSSR count). The number of benzene rings is 3. The fourth-order valence-corrected chi connectivity index (χ4v) is 7.44. The molecule has 2 fully saturated rings. The summed E-state index contributed by atoms with van der Waals surface area (Å²) < 4.78 is 18.8. The molecule has 2 aliphatic rings. The van der Waals surface area contributed by atoms with Crippen molar-refractivity contribution in [3.05, 3.63) is 104 Å². The topological polar surface area (TPSA) is 70.8 Å². The minimum Gasteiger partial charge on any atom is -0.492 e. The SMILES string of the molecule is N#Cc1cncc(COc2cc(OCc3cccc(-c4cccc(OCCCN5CCCCC5)c4Cl)c3Cl)c(Cl)cc2CN2CCCCC2)c1. The van der Waals surface area contributed by atoms with Crippen molar-refractivity contribution in [1.29, 1.82) is 5.26 Å². The summed E-state index contributed by atoms with van der Waals surface area (Å²) in [6.07, 6.45) is 11.7. The van der Waals surface area contributed by atoms with Crippen LogP contribution in [0.5, 0.6) is 17.2 Å². The van der Waals surface area contributed by atoms with Gasteiger partial charge in [0.15, 0.2) is 0 Å². The average molecular weight is 734 g/mol. The number of aromatic nitrogens is 1. The van der Waals surface area contributed by atoms with Crippen LogP contribution in [0.3, 0.4) is 0 Å². The first-order valence-corrected chi connectivity index (χ1v) is 18.7. The maximum absolute atomic E-state index is 9.31. The molecule has 0 saturated carbocycles. The second kappa shape index (κ2) is 18.1. The number of nitrogens with zero attached hydrogens (tertiary/aromatic N) is 4. The van der Waals surface area contributed by atoms with Crippen molar-refractivity contribution in [3.63, 3.8) is 0 Å². The highest BCUT2D eigenvalue weighted by atomic mass is 35.5. The maximum Gasteiger partial charge on any atom is 0.142 e. The Morgan fingerprint density at radius 1 is 0.680 bits per heavy atom. The Kier molecular flexibility index (Phi) is 13.2. The molecule has 0 radical (unpaired) electrons. The molecule has 3 aromatic carbocycles. The summed E-state index contributed by atoms with van der Waals surface area (Å²) in [5.74, 6) is 1.82. The summed E-state index contributed by atoms with van der Waals surface area (Å²) in [5.41, 5.74) is 4.68. The first-order chi connectivity index (χ1) is 24.5. The summed E-state index contributed by atoms with van der Waals surface area (Å²) in [4.78, 5) is 9.11. The molecule has 2 aliphatic heterocycles. The van der Waals surface area contributed by atoms with Crippen LogP contribution in [0.2, 0.25) is 15.1 Å². The first-order valence-electron chi connectivity index (χ1n) is 17.5. The van der Waals surface area contributed by atoms with Crippen LogP contribution in [0.15, 0.2) is 67.0 Å². The van der Waals surface area contributed by atoms with E-state index in [2.05, 4.69) is 20.9 Å². The van der Waals surface area contributed by atoms with E-state index < -0.39 is 0 Å². The van der Waals surface area contributed by atoms with E-state index >= 15 is 0 Å². The van der Waals surface area contributed by atoms with Gasteiger partial charge < -0.3 is 19.1 Å². The molecule has 0 amide bonds. The number of pyridine rings is 1. The highest BCUT2D eigenvalue weighted by Crippen LogP contribution is 2.41. The van der Waals surface area contributed by atoms with Gasteiger partial charge >= 0.3 is 0 Å². The van der Waals surface area contributed by atoms with Crippen LogP contribution in [-0.4, -0.2) is 54.1 Å². The molecule has 0 unspecified atom stereocenters. The molecule has 4 aromatic rings. The Labute approximate surface area is 310 Å². The van der Waals surface area contributed by atoms with Crippen LogP contribution in [-0.2, 0) is 19.8 Å². The van der Waals surface area contributed by atoms with Gasteiger partial charge in [-0.05, 0) is 76.5 Å². The van der Waals surface area contributed by atoms with E-state index in [0.29, 0.717) is 44.5 Å². The van der Waals surface area contributed by atoms with Crippen LogP contribution in [0.25, 0.3) is 11.1 Å². The normalized spacial score (nSPS) is 15.4. The quantitative estimate of drug-likeness (QED) is 0.120. The lowest BCUT2D eigenvalue weighted by atomic mass is 10.0. The van der Waals surface area contributed by atoms with E-state index in [-0.39, 0.29) is 13.2 Å². The standard InChI is InChI=1S/C40H43Cl3N4O3/c41-35-21-32(26-47-16-5-2-6-17-47)37(49-27-30-20-29(23-44)24-45-25-30)22-38(35)50-28-31-10-7-11-33(39(31)42)34-12-8-13-36(40(34)43)48-19-9-18-46-14-3-1-4-15-46/h7-8,10-13,20-22,24-25H,1-6,9,14-19,26-28H2. The highest BCUT2D eigenvalue weighted by Gasteiger charge is 2.19. The summed E-state index contributed by atoms with van der Waals surface area (Å²) in [7, 11) is 0. The van der Waals surface area contributed by atoms with E-state index in [9.17, 15) is 5.26 Å². The zero-order valence-corrected chi connectivity index (χ0v) is 30.6. The number of rotatable bonds is 14. The molecule has 2 saturated heterocycles. The second-order valence-corrected chi connectivity index (χ2v) is 14.2. The van der Waals surface area contributed by atoms with Crippen molar-refractivity contribution >= 4 is 34.8 Å². The smallest absolute Gasteiger partial charge is 0.142 e. The van der Waals surface area contributed by atoms with Gasteiger partial charge in [-0.2, -0.15) is 5.26 Å². The monoisotopic (exact) mass is 732 g/mol. The van der Waals surface area contributed by atoms with Crippen molar-refractivity contribution in [2.75, 3.05) is 39.3 Å². The van der Waals surface area contributed by atoms with Crippen molar-refractivity contribution in [1.82, 2.24) is 14.8 Å². The van der Waals surface area contributed by atoms with Gasteiger partial charge in [-0.3, -0.25) is 9.88 Å². The van der Waals surface area contributed by atoms with E-state index in [1.807, 2.05) is 48.5 Å². The van der Waals surface area contributed by atoms with E-state index in [4.69, 9.17) is 49.0 Å². The van der Waals surface area contributed by atoms with Crippen LogP contribution < -0.4 is 14.2 Å². The molecule has 0 spiro atoms. The molecule has 10 heteroatoms. The van der Waals surface area contributed by atoms with Gasteiger partial charge in [-0.15, -0.1) is 0 Å². The molecule has 1 aromatic heterocycles. The lowest BCUT2D eigenvalue weighted by molar-refractivity contribution is 0.205. The molecule has 0 N–H and O–H groups in total. The van der Waals surface area contributed by atoms with Gasteiger partial charge in [0.25, 0.3) is 0 Å². The molecule has 7 nitrogen and oxygen atoms in total. The van der Waals surface area contributed by atoms with Crippen molar-refractivity contribution in [2.24, 2.45) is 0 Å².